The van der Waals surface area contributed by atoms with Crippen molar-refractivity contribution < 1.29 is 9.53 Å². The number of amides is 1. The van der Waals surface area contributed by atoms with Crippen molar-refractivity contribution in [3.63, 3.8) is 0 Å². The van der Waals surface area contributed by atoms with Gasteiger partial charge in [0.05, 0.1) is 6.54 Å². The highest BCUT2D eigenvalue weighted by molar-refractivity contribution is 5.92. The van der Waals surface area contributed by atoms with Gasteiger partial charge in [0.1, 0.15) is 6.73 Å². The first-order valence-corrected chi connectivity index (χ1v) is 11.9. The van der Waals surface area contributed by atoms with E-state index in [0.717, 1.165) is 13.0 Å². The zero-order chi connectivity index (χ0) is 21.0. The summed E-state index contributed by atoms with van der Waals surface area (Å²) in [4.78, 5) is 13.2. The van der Waals surface area contributed by atoms with Gasteiger partial charge in [0.25, 0.3) is 0 Å². The molecule has 5 heteroatoms. The second-order valence-electron chi connectivity index (χ2n) is 8.12. The van der Waals surface area contributed by atoms with Gasteiger partial charge in [0.15, 0.2) is 0 Å². The van der Waals surface area contributed by atoms with Crippen LogP contribution in [-0.4, -0.2) is 30.7 Å². The van der Waals surface area contributed by atoms with E-state index in [0.29, 0.717) is 18.8 Å². The van der Waals surface area contributed by atoms with Crippen molar-refractivity contribution in [2.45, 2.75) is 96.8 Å². The second kappa shape index (κ2) is 21.0. The maximum absolute atomic E-state index is 11.2. The summed E-state index contributed by atoms with van der Waals surface area (Å²) in [5.74, 6) is -0.354. The lowest BCUT2D eigenvalue weighted by Gasteiger charge is -2.23. The molecule has 0 saturated carbocycles. The predicted molar refractivity (Wildman–Crippen MR) is 131 cm³/mol. The normalized spacial score (nSPS) is 13.5. The molecule has 0 spiro atoms. The number of primary amides is 1. The molecule has 1 aliphatic rings. The molecule has 4 nitrogen and oxygen atoms in total. The minimum atomic E-state index is -0.354. The number of nitrogens with two attached hydrogens (primary N) is 1. The van der Waals surface area contributed by atoms with Gasteiger partial charge in [-0.1, -0.05) is 82.9 Å². The lowest BCUT2D eigenvalue weighted by Crippen LogP contribution is -2.30. The Kier molecular flexibility index (Phi) is 20.1. The lowest BCUT2D eigenvalue weighted by atomic mass is 10.1. The van der Waals surface area contributed by atoms with Crippen molar-refractivity contribution in [2.24, 2.45) is 5.73 Å². The van der Waals surface area contributed by atoms with Crippen LogP contribution in [0.3, 0.4) is 0 Å². The summed E-state index contributed by atoms with van der Waals surface area (Å²) in [5, 5.41) is 0. The summed E-state index contributed by atoms with van der Waals surface area (Å²) in [5.41, 5.74) is 5.95. The molecule has 1 amide bonds. The number of rotatable bonds is 19. The van der Waals surface area contributed by atoms with Crippen LogP contribution in [0.1, 0.15) is 96.8 Å². The fourth-order valence-corrected chi connectivity index (χ4v) is 3.49. The number of ether oxygens (including phenoxy) is 1. The molecule has 0 bridgehead atoms. The Morgan fingerprint density at radius 3 is 2.13 bits per heavy atom. The van der Waals surface area contributed by atoms with Gasteiger partial charge in [-0.3, -0.25) is 4.79 Å². The van der Waals surface area contributed by atoms with E-state index in [1.165, 1.54) is 83.5 Å². The number of unbranched alkanes of at least 4 members (excludes halogenated alkanes) is 12. The van der Waals surface area contributed by atoms with Crippen molar-refractivity contribution in [1.29, 1.82) is 0 Å². The van der Waals surface area contributed by atoms with Gasteiger partial charge in [-0.2, -0.15) is 0 Å². The monoisotopic (exact) mass is 440 g/mol. The molecule has 0 radical (unpaired) electrons. The molecule has 174 valence electrons. The summed E-state index contributed by atoms with van der Waals surface area (Å²) in [7, 11) is 0. The van der Waals surface area contributed by atoms with Gasteiger partial charge in [-0.25, -0.2) is 0 Å². The summed E-state index contributed by atoms with van der Waals surface area (Å²) in [6, 6.07) is 0. The van der Waals surface area contributed by atoms with Crippen LogP contribution < -0.4 is 5.73 Å². The first kappa shape index (κ1) is 28.7. The number of carbonyl (C=O) groups excluding carboxylic acids is 1. The maximum atomic E-state index is 11.2. The van der Waals surface area contributed by atoms with E-state index in [1.807, 2.05) is 17.2 Å². The Labute approximate surface area is 191 Å². The molecule has 1 aliphatic heterocycles. The minimum Gasteiger partial charge on any atom is -0.366 e. The highest BCUT2D eigenvalue weighted by atomic mass is 35.5. The molecule has 0 saturated heterocycles. The summed E-state index contributed by atoms with van der Waals surface area (Å²) in [6.45, 7) is 4.11. The highest BCUT2D eigenvalue weighted by Gasteiger charge is 2.11. The number of hydrogen-bond donors (Lipinski definition) is 1. The SMILES string of the molecule is CCCCCCCCC=CCCCCCCCCOCN1C=CC=C(C(N)=O)C1.Cl. The largest absolute Gasteiger partial charge is 0.366 e. The molecular weight excluding hydrogens is 396 g/mol. The molecule has 0 aromatic heterocycles. The summed E-state index contributed by atoms with van der Waals surface area (Å²) < 4.78 is 5.71. The van der Waals surface area contributed by atoms with Crippen LogP contribution in [0, 0.1) is 0 Å². The molecular formula is C25H45ClN2O2. The van der Waals surface area contributed by atoms with E-state index in [4.69, 9.17) is 10.5 Å². The Bertz CT molecular complexity index is 503. The van der Waals surface area contributed by atoms with Crippen molar-refractivity contribution in [3.8, 4) is 0 Å². The van der Waals surface area contributed by atoms with Gasteiger partial charge in [0, 0.05) is 18.4 Å². The van der Waals surface area contributed by atoms with E-state index in [9.17, 15) is 4.79 Å². The van der Waals surface area contributed by atoms with Crippen molar-refractivity contribution >= 4 is 18.3 Å². The Hall–Kier alpha value is -1.26. The quantitative estimate of drug-likeness (QED) is 0.180. The van der Waals surface area contributed by atoms with Gasteiger partial charge in [0.2, 0.25) is 5.91 Å². The fraction of sp³-hybridized carbons (Fsp3) is 0.720. The number of nitrogens with zero attached hydrogens (tertiary/aromatic N) is 1. The van der Waals surface area contributed by atoms with E-state index >= 15 is 0 Å². The van der Waals surface area contributed by atoms with Crippen molar-refractivity contribution in [2.75, 3.05) is 19.9 Å². The zero-order valence-electron chi connectivity index (χ0n) is 19.2. The Morgan fingerprint density at radius 2 is 1.53 bits per heavy atom. The molecule has 0 fully saturated rings. The third-order valence-electron chi connectivity index (χ3n) is 5.34. The third-order valence-corrected chi connectivity index (χ3v) is 5.34. The molecule has 1 heterocycles. The van der Waals surface area contributed by atoms with Crippen molar-refractivity contribution in [1.82, 2.24) is 4.90 Å². The Morgan fingerprint density at radius 1 is 0.967 bits per heavy atom. The second-order valence-corrected chi connectivity index (χ2v) is 8.12. The Balaban J connectivity index is 0.00000841. The first-order chi connectivity index (χ1) is 14.2. The van der Waals surface area contributed by atoms with E-state index in [-0.39, 0.29) is 18.3 Å². The van der Waals surface area contributed by atoms with Crippen molar-refractivity contribution in [3.05, 3.63) is 36.1 Å². The number of allylic oxidation sites excluding steroid dienone is 4. The lowest BCUT2D eigenvalue weighted by molar-refractivity contribution is -0.114. The van der Waals surface area contributed by atoms with Crippen LogP contribution in [0.2, 0.25) is 0 Å². The highest BCUT2D eigenvalue weighted by Crippen LogP contribution is 2.11. The average Bonchev–Trinajstić information content (AvgIpc) is 2.73. The summed E-state index contributed by atoms with van der Waals surface area (Å²) in [6.07, 6.45) is 28.8. The maximum Gasteiger partial charge on any atom is 0.246 e. The molecule has 0 atom stereocenters. The molecule has 1 rings (SSSR count). The standard InChI is InChI=1S/C25H44N2O2.ClH/c1-2-3-4-5-6-7-8-9-10-11-12-13-14-15-16-17-21-29-23-27-20-18-19-24(22-27)25(26)28;/h9-10,18-20H,2-8,11-17,21-23H2,1H3,(H2,26,28);1H. The minimum absolute atomic E-state index is 0. The van der Waals surface area contributed by atoms with Gasteiger partial charge in [-0.05, 0) is 38.2 Å². The number of carbonyl (C=O) groups is 1. The molecule has 0 aromatic carbocycles. The van der Waals surface area contributed by atoms with Crippen LogP contribution in [0.25, 0.3) is 0 Å². The molecule has 0 unspecified atom stereocenters. The zero-order valence-corrected chi connectivity index (χ0v) is 20.0. The van der Waals surface area contributed by atoms with E-state index in [1.54, 1.807) is 6.08 Å². The molecule has 30 heavy (non-hydrogen) atoms. The van der Waals surface area contributed by atoms with E-state index in [2.05, 4.69) is 19.1 Å². The molecule has 0 aromatic rings. The molecule has 2 N–H and O–H groups in total. The fourth-order valence-electron chi connectivity index (χ4n) is 3.49. The van der Waals surface area contributed by atoms with Crippen LogP contribution in [0.15, 0.2) is 36.1 Å². The van der Waals surface area contributed by atoms with Crippen LogP contribution in [0.5, 0.6) is 0 Å². The van der Waals surface area contributed by atoms with E-state index < -0.39 is 0 Å². The molecule has 0 aliphatic carbocycles. The number of halogens is 1. The van der Waals surface area contributed by atoms with Crippen LogP contribution in [0.4, 0.5) is 0 Å². The number of hydrogen-bond acceptors (Lipinski definition) is 3. The summed E-state index contributed by atoms with van der Waals surface area (Å²) >= 11 is 0. The van der Waals surface area contributed by atoms with Crippen LogP contribution >= 0.6 is 12.4 Å². The van der Waals surface area contributed by atoms with Gasteiger partial charge >= 0.3 is 0 Å². The van der Waals surface area contributed by atoms with Gasteiger partial charge < -0.3 is 15.4 Å². The average molecular weight is 441 g/mol. The van der Waals surface area contributed by atoms with Gasteiger partial charge in [-0.15, -0.1) is 12.4 Å². The topological polar surface area (TPSA) is 55.6 Å². The smallest absolute Gasteiger partial charge is 0.246 e. The third kappa shape index (κ3) is 16.5. The first-order valence-electron chi connectivity index (χ1n) is 11.9. The van der Waals surface area contributed by atoms with Crippen LogP contribution in [-0.2, 0) is 9.53 Å². The predicted octanol–water partition coefficient (Wildman–Crippen LogP) is 6.66.